The molecule has 1 aliphatic rings. The van der Waals surface area contributed by atoms with E-state index >= 15 is 0 Å². The summed E-state index contributed by atoms with van der Waals surface area (Å²) in [5, 5.41) is 12.8. The molecule has 2 rings (SSSR count). The predicted molar refractivity (Wildman–Crippen MR) is 62.0 cm³/mol. The van der Waals surface area contributed by atoms with E-state index in [4.69, 9.17) is 16.9 Å². The average molecular weight is 221 g/mol. The number of nitrogens with zero attached hydrogens (tertiary/aromatic N) is 1. The molecule has 15 heavy (non-hydrogen) atoms. The number of anilines is 1. The molecule has 78 valence electrons. The molecule has 1 N–H and O–H groups in total. The van der Waals surface area contributed by atoms with E-state index in [1.807, 2.05) is 6.07 Å². The molecule has 3 heteroatoms. The lowest BCUT2D eigenvalue weighted by atomic mass is 9.82. The third-order valence-corrected chi connectivity index (χ3v) is 3.16. The number of benzene rings is 1. The summed E-state index contributed by atoms with van der Waals surface area (Å²) >= 11 is 6.04. The number of halogens is 1. The lowest BCUT2D eigenvalue weighted by molar-refractivity contribution is 0.309. The highest BCUT2D eigenvalue weighted by Crippen LogP contribution is 2.32. The lowest BCUT2D eigenvalue weighted by Gasteiger charge is -2.34. The first kappa shape index (κ1) is 10.3. The summed E-state index contributed by atoms with van der Waals surface area (Å²) < 4.78 is 0. The molecule has 0 aromatic heterocycles. The fourth-order valence-electron chi connectivity index (χ4n) is 1.95. The second kappa shape index (κ2) is 4.12. The summed E-state index contributed by atoms with van der Waals surface area (Å²) in [6.45, 7) is 2.24. The highest BCUT2D eigenvalue weighted by atomic mass is 35.5. The van der Waals surface area contributed by atoms with Gasteiger partial charge in [-0.15, -0.1) is 0 Å². The lowest BCUT2D eigenvalue weighted by Crippen LogP contribution is -2.33. The Kier molecular flexibility index (Phi) is 2.83. The van der Waals surface area contributed by atoms with Gasteiger partial charge in [0.1, 0.15) is 0 Å². The van der Waals surface area contributed by atoms with Crippen LogP contribution in [-0.4, -0.2) is 6.04 Å². The summed E-state index contributed by atoms with van der Waals surface area (Å²) in [4.78, 5) is 0. The maximum Gasteiger partial charge on any atom is 0.0992 e. The van der Waals surface area contributed by atoms with Crippen LogP contribution in [0.25, 0.3) is 0 Å². The summed E-state index contributed by atoms with van der Waals surface area (Å²) in [5.41, 5.74) is 1.53. The topological polar surface area (TPSA) is 35.8 Å². The minimum atomic E-state index is 0.520. The Labute approximate surface area is 94.9 Å². The van der Waals surface area contributed by atoms with Gasteiger partial charge in [-0.25, -0.2) is 0 Å². The molecule has 0 aliphatic heterocycles. The molecule has 0 unspecified atom stereocenters. The molecule has 1 aromatic rings. The van der Waals surface area contributed by atoms with Crippen LogP contribution in [-0.2, 0) is 0 Å². The maximum atomic E-state index is 8.78. The van der Waals surface area contributed by atoms with Crippen molar-refractivity contribution >= 4 is 17.3 Å². The van der Waals surface area contributed by atoms with E-state index in [1.165, 1.54) is 12.8 Å². The van der Waals surface area contributed by atoms with Gasteiger partial charge in [0.15, 0.2) is 0 Å². The second-order valence-electron chi connectivity index (χ2n) is 4.22. The molecule has 1 aliphatic carbocycles. The van der Waals surface area contributed by atoms with Crippen molar-refractivity contribution in [1.82, 2.24) is 0 Å². The van der Waals surface area contributed by atoms with Crippen LogP contribution in [0, 0.1) is 17.2 Å². The van der Waals surface area contributed by atoms with Crippen LogP contribution in [0.15, 0.2) is 18.2 Å². The second-order valence-corrected chi connectivity index (χ2v) is 4.63. The van der Waals surface area contributed by atoms with Gasteiger partial charge in [-0.2, -0.15) is 5.26 Å². The minimum Gasteiger partial charge on any atom is -0.381 e. The molecule has 1 saturated carbocycles. The summed E-state index contributed by atoms with van der Waals surface area (Å²) in [6.07, 6.45) is 2.38. The molecular formula is C12H13ClN2. The zero-order valence-electron chi connectivity index (χ0n) is 8.63. The van der Waals surface area contributed by atoms with Crippen molar-refractivity contribution in [2.45, 2.75) is 25.8 Å². The smallest absolute Gasteiger partial charge is 0.0992 e. The molecule has 1 aromatic carbocycles. The van der Waals surface area contributed by atoms with E-state index in [9.17, 15) is 0 Å². The van der Waals surface area contributed by atoms with Crippen molar-refractivity contribution in [3.8, 4) is 6.07 Å². The van der Waals surface area contributed by atoms with Gasteiger partial charge in [0.05, 0.1) is 22.3 Å². The van der Waals surface area contributed by atoms with Gasteiger partial charge in [0.25, 0.3) is 0 Å². The highest BCUT2D eigenvalue weighted by molar-refractivity contribution is 6.33. The first-order chi connectivity index (χ1) is 7.19. The van der Waals surface area contributed by atoms with Crippen LogP contribution in [0.3, 0.4) is 0 Å². The van der Waals surface area contributed by atoms with E-state index in [2.05, 4.69) is 18.3 Å². The molecule has 0 spiro atoms. The number of rotatable bonds is 2. The minimum absolute atomic E-state index is 0.520. The molecular weight excluding hydrogens is 208 g/mol. The fourth-order valence-corrected chi connectivity index (χ4v) is 2.12. The SMILES string of the molecule is CC1CC(Nc2cc(C#N)ccc2Cl)C1. The number of nitrogens with one attached hydrogen (secondary N) is 1. The number of hydrogen-bond acceptors (Lipinski definition) is 2. The third kappa shape index (κ3) is 2.24. The Morgan fingerprint density at radius 1 is 1.47 bits per heavy atom. The van der Waals surface area contributed by atoms with E-state index in [1.54, 1.807) is 12.1 Å². The van der Waals surface area contributed by atoms with Gasteiger partial charge in [-0.1, -0.05) is 18.5 Å². The molecule has 2 nitrogen and oxygen atoms in total. The van der Waals surface area contributed by atoms with Crippen LogP contribution in [0.4, 0.5) is 5.69 Å². The average Bonchev–Trinajstić information content (AvgIpc) is 2.19. The van der Waals surface area contributed by atoms with E-state index in [-0.39, 0.29) is 0 Å². The normalized spacial score (nSPS) is 24.1. The van der Waals surface area contributed by atoms with E-state index in [0.29, 0.717) is 16.6 Å². The first-order valence-electron chi connectivity index (χ1n) is 5.15. The third-order valence-electron chi connectivity index (χ3n) is 2.83. The molecule has 0 radical (unpaired) electrons. The number of hydrogen-bond donors (Lipinski definition) is 1. The Morgan fingerprint density at radius 3 is 2.80 bits per heavy atom. The van der Waals surface area contributed by atoms with Gasteiger partial charge in [-0.05, 0) is 37.0 Å². The van der Waals surface area contributed by atoms with Crippen LogP contribution in [0.2, 0.25) is 5.02 Å². The van der Waals surface area contributed by atoms with Gasteiger partial charge in [0, 0.05) is 6.04 Å². The summed E-state index contributed by atoms with van der Waals surface area (Å²) in [6, 6.07) is 7.95. The monoisotopic (exact) mass is 220 g/mol. The van der Waals surface area contributed by atoms with Crippen molar-refractivity contribution in [3.05, 3.63) is 28.8 Å². The molecule has 0 atom stereocenters. The van der Waals surface area contributed by atoms with Crippen molar-refractivity contribution in [2.75, 3.05) is 5.32 Å². The Balaban J connectivity index is 2.10. The zero-order valence-corrected chi connectivity index (χ0v) is 9.38. The van der Waals surface area contributed by atoms with Crippen LogP contribution < -0.4 is 5.32 Å². The van der Waals surface area contributed by atoms with Crippen molar-refractivity contribution in [1.29, 1.82) is 5.26 Å². The highest BCUT2D eigenvalue weighted by Gasteiger charge is 2.25. The largest absolute Gasteiger partial charge is 0.381 e. The Hall–Kier alpha value is -1.20. The molecule has 0 amide bonds. The summed E-state index contributed by atoms with van der Waals surface area (Å²) in [5.74, 6) is 0.806. The quantitative estimate of drug-likeness (QED) is 0.829. The van der Waals surface area contributed by atoms with Crippen molar-refractivity contribution < 1.29 is 0 Å². The van der Waals surface area contributed by atoms with Gasteiger partial charge >= 0.3 is 0 Å². The van der Waals surface area contributed by atoms with Crippen molar-refractivity contribution in [2.24, 2.45) is 5.92 Å². The van der Waals surface area contributed by atoms with E-state index in [0.717, 1.165) is 11.6 Å². The molecule has 1 fully saturated rings. The van der Waals surface area contributed by atoms with Crippen molar-refractivity contribution in [3.63, 3.8) is 0 Å². The molecule has 0 bridgehead atoms. The Bertz CT molecular complexity index is 403. The van der Waals surface area contributed by atoms with Crippen LogP contribution in [0.1, 0.15) is 25.3 Å². The molecule has 0 saturated heterocycles. The van der Waals surface area contributed by atoms with Gasteiger partial charge in [0.2, 0.25) is 0 Å². The number of nitriles is 1. The van der Waals surface area contributed by atoms with Gasteiger partial charge in [-0.3, -0.25) is 0 Å². The summed E-state index contributed by atoms with van der Waals surface area (Å²) in [7, 11) is 0. The molecule has 0 heterocycles. The fraction of sp³-hybridized carbons (Fsp3) is 0.417. The van der Waals surface area contributed by atoms with E-state index < -0.39 is 0 Å². The van der Waals surface area contributed by atoms with Crippen LogP contribution >= 0.6 is 11.6 Å². The Morgan fingerprint density at radius 2 is 2.20 bits per heavy atom. The van der Waals surface area contributed by atoms with Crippen LogP contribution in [0.5, 0.6) is 0 Å². The maximum absolute atomic E-state index is 8.78. The first-order valence-corrected chi connectivity index (χ1v) is 5.53. The van der Waals surface area contributed by atoms with Gasteiger partial charge < -0.3 is 5.32 Å². The predicted octanol–water partition coefficient (Wildman–Crippen LogP) is 3.42. The standard InChI is InChI=1S/C12H13ClN2/c1-8-4-10(5-8)15-12-6-9(7-14)2-3-11(12)13/h2-3,6,8,10,15H,4-5H2,1H3. The zero-order chi connectivity index (χ0) is 10.8.